The van der Waals surface area contributed by atoms with Crippen LogP contribution < -0.4 is 0 Å². The summed E-state index contributed by atoms with van der Waals surface area (Å²) in [4.78, 5) is 25.3. The summed E-state index contributed by atoms with van der Waals surface area (Å²) in [5.74, 6) is 1.77. The van der Waals surface area contributed by atoms with Gasteiger partial charge in [-0.25, -0.2) is 0 Å². The van der Waals surface area contributed by atoms with Crippen LogP contribution in [0.25, 0.3) is 0 Å². The van der Waals surface area contributed by atoms with E-state index in [9.17, 15) is 9.59 Å². The van der Waals surface area contributed by atoms with E-state index in [1.807, 2.05) is 11.8 Å². The molecule has 0 fully saturated rings. The molecule has 2 amide bonds. The van der Waals surface area contributed by atoms with Gasteiger partial charge in [0, 0.05) is 6.54 Å². The van der Waals surface area contributed by atoms with Gasteiger partial charge in [0.1, 0.15) is 0 Å². The Morgan fingerprint density at radius 1 is 1.12 bits per heavy atom. The first kappa shape index (κ1) is 12.2. The van der Waals surface area contributed by atoms with Crippen LogP contribution in [0.1, 0.15) is 34.1 Å². The van der Waals surface area contributed by atoms with E-state index in [2.05, 4.69) is 6.92 Å². The molecule has 17 heavy (non-hydrogen) atoms. The number of carbonyl (C=O) groups is 2. The molecular formula is C13H15NO2S. The third-order valence-electron chi connectivity index (χ3n) is 2.75. The van der Waals surface area contributed by atoms with Gasteiger partial charge in [-0.1, -0.05) is 19.1 Å². The number of hydrogen-bond acceptors (Lipinski definition) is 3. The van der Waals surface area contributed by atoms with Crippen molar-refractivity contribution in [2.24, 2.45) is 0 Å². The van der Waals surface area contributed by atoms with Crippen LogP contribution >= 0.6 is 11.8 Å². The van der Waals surface area contributed by atoms with Gasteiger partial charge in [-0.2, -0.15) is 11.8 Å². The maximum atomic E-state index is 12.0. The lowest BCUT2D eigenvalue weighted by atomic mass is 10.1. The van der Waals surface area contributed by atoms with Gasteiger partial charge in [0.25, 0.3) is 11.8 Å². The van der Waals surface area contributed by atoms with Gasteiger partial charge in [-0.15, -0.1) is 0 Å². The molecule has 1 heterocycles. The highest BCUT2D eigenvalue weighted by molar-refractivity contribution is 7.99. The lowest BCUT2D eigenvalue weighted by Gasteiger charge is -2.12. The van der Waals surface area contributed by atoms with Crippen molar-refractivity contribution in [2.75, 3.05) is 18.1 Å². The number of imide groups is 1. The van der Waals surface area contributed by atoms with Crippen molar-refractivity contribution >= 4 is 23.6 Å². The number of rotatable bonds is 5. The van der Waals surface area contributed by atoms with Gasteiger partial charge >= 0.3 is 0 Å². The van der Waals surface area contributed by atoms with Gasteiger partial charge in [0.05, 0.1) is 11.1 Å². The van der Waals surface area contributed by atoms with Crippen LogP contribution in [0.15, 0.2) is 24.3 Å². The van der Waals surface area contributed by atoms with Crippen LogP contribution in [0.3, 0.4) is 0 Å². The van der Waals surface area contributed by atoms with Crippen molar-refractivity contribution in [2.45, 2.75) is 13.3 Å². The van der Waals surface area contributed by atoms with Crippen LogP contribution in [0, 0.1) is 0 Å². The fourth-order valence-electron chi connectivity index (χ4n) is 1.91. The zero-order valence-corrected chi connectivity index (χ0v) is 10.6. The monoisotopic (exact) mass is 249 g/mol. The number of amides is 2. The Morgan fingerprint density at radius 2 is 1.71 bits per heavy atom. The van der Waals surface area contributed by atoms with Crippen molar-refractivity contribution in [1.82, 2.24) is 4.90 Å². The zero-order valence-electron chi connectivity index (χ0n) is 9.81. The number of nitrogens with zero attached hydrogens (tertiary/aromatic N) is 1. The molecule has 0 aliphatic carbocycles. The molecule has 2 rings (SSSR count). The molecule has 0 saturated carbocycles. The number of hydrogen-bond donors (Lipinski definition) is 0. The maximum absolute atomic E-state index is 12.0. The zero-order chi connectivity index (χ0) is 12.3. The second-order valence-corrected chi connectivity index (χ2v) is 5.25. The minimum Gasteiger partial charge on any atom is -0.274 e. The minimum absolute atomic E-state index is 0.146. The molecular weight excluding hydrogens is 234 g/mol. The Kier molecular flexibility index (Phi) is 3.84. The van der Waals surface area contributed by atoms with Gasteiger partial charge < -0.3 is 0 Å². The first-order valence-corrected chi connectivity index (χ1v) is 6.94. The number of thioether (sulfide) groups is 1. The highest BCUT2D eigenvalue weighted by Gasteiger charge is 2.34. The highest BCUT2D eigenvalue weighted by atomic mass is 32.2. The maximum Gasteiger partial charge on any atom is 0.261 e. The van der Waals surface area contributed by atoms with E-state index in [1.165, 1.54) is 4.90 Å². The smallest absolute Gasteiger partial charge is 0.261 e. The molecule has 1 aliphatic rings. The van der Waals surface area contributed by atoms with Crippen molar-refractivity contribution in [3.8, 4) is 0 Å². The normalized spacial score (nSPS) is 14.3. The Morgan fingerprint density at radius 3 is 2.24 bits per heavy atom. The van der Waals surface area contributed by atoms with E-state index in [0.717, 1.165) is 17.9 Å². The lowest BCUT2D eigenvalue weighted by Crippen LogP contribution is -2.31. The standard InChI is InChI=1S/C13H15NO2S/c1-2-17-9-5-8-14-12(15)10-6-3-4-7-11(10)13(14)16/h3-4,6-7H,2,5,8-9H2,1H3. The van der Waals surface area contributed by atoms with E-state index in [4.69, 9.17) is 0 Å². The fourth-order valence-corrected chi connectivity index (χ4v) is 2.53. The van der Waals surface area contributed by atoms with Crippen LogP contribution in [-0.2, 0) is 0 Å². The van der Waals surface area contributed by atoms with Crippen LogP contribution in [-0.4, -0.2) is 34.8 Å². The molecule has 0 spiro atoms. The average Bonchev–Trinajstić information content (AvgIpc) is 2.60. The first-order valence-electron chi connectivity index (χ1n) is 5.78. The molecule has 0 aromatic heterocycles. The molecule has 1 aromatic rings. The molecule has 90 valence electrons. The Balaban J connectivity index is 2.03. The predicted molar refractivity (Wildman–Crippen MR) is 69.4 cm³/mol. The summed E-state index contributed by atoms with van der Waals surface area (Å²) in [5.41, 5.74) is 1.08. The van der Waals surface area contributed by atoms with Crippen LogP contribution in [0.4, 0.5) is 0 Å². The lowest BCUT2D eigenvalue weighted by molar-refractivity contribution is 0.0655. The van der Waals surface area contributed by atoms with Gasteiger partial charge in [-0.3, -0.25) is 14.5 Å². The summed E-state index contributed by atoms with van der Waals surface area (Å²) < 4.78 is 0. The van der Waals surface area contributed by atoms with Gasteiger partial charge in [0.2, 0.25) is 0 Å². The van der Waals surface area contributed by atoms with Crippen LogP contribution in [0.5, 0.6) is 0 Å². The van der Waals surface area contributed by atoms with E-state index in [1.54, 1.807) is 24.3 Å². The average molecular weight is 249 g/mol. The fraction of sp³-hybridized carbons (Fsp3) is 0.385. The van der Waals surface area contributed by atoms with E-state index >= 15 is 0 Å². The second-order valence-electron chi connectivity index (χ2n) is 3.86. The summed E-state index contributed by atoms with van der Waals surface area (Å²) in [6.45, 7) is 2.63. The Labute approximate surface area is 105 Å². The largest absolute Gasteiger partial charge is 0.274 e. The van der Waals surface area contributed by atoms with Crippen molar-refractivity contribution in [3.63, 3.8) is 0 Å². The molecule has 0 radical (unpaired) electrons. The van der Waals surface area contributed by atoms with Crippen LogP contribution in [0.2, 0.25) is 0 Å². The second kappa shape index (κ2) is 5.36. The van der Waals surface area contributed by atoms with Crippen molar-refractivity contribution < 1.29 is 9.59 Å². The SMILES string of the molecule is CCSCCCN1C(=O)c2ccccc2C1=O. The molecule has 1 aromatic carbocycles. The summed E-state index contributed by atoms with van der Waals surface area (Å²) in [6.07, 6.45) is 0.865. The molecule has 0 saturated heterocycles. The Bertz CT molecular complexity index is 410. The third kappa shape index (κ3) is 2.36. The molecule has 4 heteroatoms. The molecule has 0 atom stereocenters. The third-order valence-corrected chi connectivity index (χ3v) is 3.74. The van der Waals surface area contributed by atoms with E-state index in [0.29, 0.717) is 17.7 Å². The first-order chi connectivity index (χ1) is 8.25. The molecule has 1 aliphatic heterocycles. The van der Waals surface area contributed by atoms with Gasteiger partial charge in [0.15, 0.2) is 0 Å². The van der Waals surface area contributed by atoms with E-state index in [-0.39, 0.29) is 11.8 Å². The summed E-state index contributed by atoms with van der Waals surface area (Å²) in [6, 6.07) is 7.02. The number of carbonyl (C=O) groups excluding carboxylic acids is 2. The quantitative estimate of drug-likeness (QED) is 0.594. The predicted octanol–water partition coefficient (Wildman–Crippen LogP) is 2.43. The molecule has 3 nitrogen and oxygen atoms in total. The molecule has 0 N–H and O–H groups in total. The minimum atomic E-state index is -0.146. The molecule has 0 bridgehead atoms. The number of fused-ring (bicyclic) bond motifs is 1. The van der Waals surface area contributed by atoms with Gasteiger partial charge in [-0.05, 0) is 30.1 Å². The highest BCUT2D eigenvalue weighted by Crippen LogP contribution is 2.22. The summed E-state index contributed by atoms with van der Waals surface area (Å²) >= 11 is 1.83. The summed E-state index contributed by atoms with van der Waals surface area (Å²) in [5, 5.41) is 0. The van der Waals surface area contributed by atoms with Crippen molar-refractivity contribution in [3.05, 3.63) is 35.4 Å². The topological polar surface area (TPSA) is 37.4 Å². The summed E-state index contributed by atoms with van der Waals surface area (Å²) in [7, 11) is 0. The Hall–Kier alpha value is -1.29. The van der Waals surface area contributed by atoms with Crippen molar-refractivity contribution in [1.29, 1.82) is 0 Å². The van der Waals surface area contributed by atoms with E-state index < -0.39 is 0 Å². The number of benzene rings is 1. The molecule has 0 unspecified atom stereocenters.